The highest BCUT2D eigenvalue weighted by molar-refractivity contribution is 5.25. The molecule has 0 unspecified atom stereocenters. The standard InChI is InChI=1S/C12H21N3O/c1-9(2)6-15-7-10(5-14-15)12(8-13)3-11(16)4-12/h5,7,9,11,16H,3-4,6,8,13H2,1-2H3. The number of aliphatic hydroxyl groups excluding tert-OH is 1. The molecule has 0 bridgehead atoms. The van der Waals surface area contributed by atoms with E-state index in [4.69, 9.17) is 5.73 Å². The number of rotatable bonds is 4. The molecule has 0 radical (unpaired) electrons. The second-order valence-corrected chi connectivity index (χ2v) is 5.39. The molecule has 1 saturated carbocycles. The molecule has 3 N–H and O–H groups in total. The van der Waals surface area contributed by atoms with Gasteiger partial charge in [0.2, 0.25) is 0 Å². The zero-order valence-electron chi connectivity index (χ0n) is 10.1. The fraction of sp³-hybridized carbons (Fsp3) is 0.750. The SMILES string of the molecule is CC(C)Cn1cc(C2(CN)CC(O)C2)cn1. The summed E-state index contributed by atoms with van der Waals surface area (Å²) in [6.07, 6.45) is 5.35. The molecule has 2 rings (SSSR count). The smallest absolute Gasteiger partial charge is 0.0558 e. The Morgan fingerprint density at radius 1 is 1.62 bits per heavy atom. The third-order valence-electron chi connectivity index (χ3n) is 3.44. The van der Waals surface area contributed by atoms with E-state index in [9.17, 15) is 5.11 Å². The Bertz CT molecular complexity index is 353. The van der Waals surface area contributed by atoms with Crippen LogP contribution in [0.25, 0.3) is 0 Å². The summed E-state index contributed by atoms with van der Waals surface area (Å²) in [6, 6.07) is 0. The molecule has 1 aliphatic carbocycles. The van der Waals surface area contributed by atoms with Crippen LogP contribution in [-0.2, 0) is 12.0 Å². The Balaban J connectivity index is 2.11. The zero-order chi connectivity index (χ0) is 11.8. The van der Waals surface area contributed by atoms with Crippen molar-refractivity contribution in [2.75, 3.05) is 6.54 Å². The molecule has 0 atom stereocenters. The van der Waals surface area contributed by atoms with Gasteiger partial charge >= 0.3 is 0 Å². The third-order valence-corrected chi connectivity index (χ3v) is 3.44. The molecule has 0 aliphatic heterocycles. The van der Waals surface area contributed by atoms with Gasteiger partial charge in [0, 0.05) is 24.7 Å². The molecule has 1 fully saturated rings. The summed E-state index contributed by atoms with van der Waals surface area (Å²) in [5, 5.41) is 13.8. The summed E-state index contributed by atoms with van der Waals surface area (Å²) in [5.41, 5.74) is 6.99. The van der Waals surface area contributed by atoms with E-state index in [1.807, 2.05) is 10.9 Å². The first-order valence-electron chi connectivity index (χ1n) is 5.97. The first-order valence-corrected chi connectivity index (χ1v) is 5.97. The summed E-state index contributed by atoms with van der Waals surface area (Å²) >= 11 is 0. The Labute approximate surface area is 96.5 Å². The molecule has 0 spiro atoms. The first-order chi connectivity index (χ1) is 7.55. The summed E-state index contributed by atoms with van der Waals surface area (Å²) < 4.78 is 1.97. The minimum Gasteiger partial charge on any atom is -0.393 e. The van der Waals surface area contributed by atoms with Crippen molar-refractivity contribution in [2.24, 2.45) is 11.7 Å². The lowest BCUT2D eigenvalue weighted by Gasteiger charge is -2.44. The summed E-state index contributed by atoms with van der Waals surface area (Å²) in [5.74, 6) is 0.591. The first kappa shape index (κ1) is 11.6. The number of aromatic nitrogens is 2. The Morgan fingerprint density at radius 2 is 2.31 bits per heavy atom. The highest BCUT2D eigenvalue weighted by atomic mass is 16.3. The molecule has 4 heteroatoms. The van der Waals surface area contributed by atoms with Crippen LogP contribution in [0.5, 0.6) is 0 Å². The van der Waals surface area contributed by atoms with E-state index in [0.29, 0.717) is 12.5 Å². The molecule has 1 aliphatic rings. The van der Waals surface area contributed by atoms with Crippen LogP contribution in [-0.4, -0.2) is 27.5 Å². The van der Waals surface area contributed by atoms with Crippen molar-refractivity contribution in [3.05, 3.63) is 18.0 Å². The van der Waals surface area contributed by atoms with Gasteiger partial charge in [-0.2, -0.15) is 5.10 Å². The Morgan fingerprint density at radius 3 is 2.81 bits per heavy atom. The van der Waals surface area contributed by atoms with Crippen LogP contribution in [0.4, 0.5) is 0 Å². The van der Waals surface area contributed by atoms with Gasteiger partial charge in [-0.05, 0) is 24.3 Å². The largest absolute Gasteiger partial charge is 0.393 e. The van der Waals surface area contributed by atoms with Crippen molar-refractivity contribution >= 4 is 0 Å². The molecular formula is C12H21N3O. The predicted octanol–water partition coefficient (Wildman–Crippen LogP) is 0.890. The van der Waals surface area contributed by atoms with Crippen molar-refractivity contribution in [2.45, 2.75) is 44.8 Å². The summed E-state index contributed by atoms with van der Waals surface area (Å²) in [7, 11) is 0. The predicted molar refractivity (Wildman–Crippen MR) is 63.0 cm³/mol. The lowest BCUT2D eigenvalue weighted by atomic mass is 9.63. The molecular weight excluding hydrogens is 202 g/mol. The van der Waals surface area contributed by atoms with E-state index in [0.717, 1.165) is 19.4 Å². The second kappa shape index (κ2) is 4.18. The Hall–Kier alpha value is -0.870. The summed E-state index contributed by atoms with van der Waals surface area (Å²) in [4.78, 5) is 0. The number of hydrogen-bond acceptors (Lipinski definition) is 3. The molecule has 4 nitrogen and oxygen atoms in total. The maximum absolute atomic E-state index is 9.45. The van der Waals surface area contributed by atoms with Crippen LogP contribution in [0.2, 0.25) is 0 Å². The van der Waals surface area contributed by atoms with Gasteiger partial charge < -0.3 is 10.8 Å². The van der Waals surface area contributed by atoms with Gasteiger partial charge in [0.1, 0.15) is 0 Å². The average Bonchev–Trinajstić information content (AvgIpc) is 2.60. The highest BCUT2D eigenvalue weighted by Gasteiger charge is 2.44. The van der Waals surface area contributed by atoms with Crippen LogP contribution < -0.4 is 5.73 Å². The second-order valence-electron chi connectivity index (χ2n) is 5.39. The van der Waals surface area contributed by atoms with Crippen LogP contribution in [0, 0.1) is 5.92 Å². The van der Waals surface area contributed by atoms with Gasteiger partial charge in [-0.3, -0.25) is 4.68 Å². The van der Waals surface area contributed by atoms with Gasteiger partial charge in [0.15, 0.2) is 0 Å². The number of hydrogen-bond donors (Lipinski definition) is 2. The van der Waals surface area contributed by atoms with Gasteiger partial charge in [-0.25, -0.2) is 0 Å². The quantitative estimate of drug-likeness (QED) is 0.796. The summed E-state index contributed by atoms with van der Waals surface area (Å²) in [6.45, 7) is 5.88. The van der Waals surface area contributed by atoms with Gasteiger partial charge in [-0.1, -0.05) is 13.8 Å². The molecule has 0 aromatic carbocycles. The lowest BCUT2D eigenvalue weighted by molar-refractivity contribution is 0.0221. The Kier molecular flexibility index (Phi) is 3.04. The molecule has 1 aromatic heterocycles. The van der Waals surface area contributed by atoms with Crippen molar-refractivity contribution < 1.29 is 5.11 Å². The molecule has 0 saturated heterocycles. The van der Waals surface area contributed by atoms with Crippen molar-refractivity contribution in [1.29, 1.82) is 0 Å². The van der Waals surface area contributed by atoms with Crippen molar-refractivity contribution in [3.63, 3.8) is 0 Å². The van der Waals surface area contributed by atoms with Gasteiger partial charge in [0.05, 0.1) is 12.3 Å². The molecule has 0 amide bonds. The topological polar surface area (TPSA) is 64.1 Å². The minimum absolute atomic E-state index is 0.0192. The van der Waals surface area contributed by atoms with E-state index in [1.54, 1.807) is 0 Å². The van der Waals surface area contributed by atoms with E-state index < -0.39 is 0 Å². The van der Waals surface area contributed by atoms with E-state index in [1.165, 1.54) is 5.56 Å². The third kappa shape index (κ3) is 1.99. The van der Waals surface area contributed by atoms with Crippen LogP contribution >= 0.6 is 0 Å². The molecule has 1 heterocycles. The maximum atomic E-state index is 9.45. The number of nitrogens with two attached hydrogens (primary N) is 1. The van der Waals surface area contributed by atoms with Crippen LogP contribution in [0.15, 0.2) is 12.4 Å². The van der Waals surface area contributed by atoms with E-state index >= 15 is 0 Å². The average molecular weight is 223 g/mol. The minimum atomic E-state index is -0.183. The van der Waals surface area contributed by atoms with Crippen LogP contribution in [0.1, 0.15) is 32.3 Å². The number of nitrogens with zero attached hydrogens (tertiary/aromatic N) is 2. The highest BCUT2D eigenvalue weighted by Crippen LogP contribution is 2.42. The van der Waals surface area contributed by atoms with Crippen molar-refractivity contribution in [3.8, 4) is 0 Å². The fourth-order valence-corrected chi connectivity index (χ4v) is 2.47. The van der Waals surface area contributed by atoms with Gasteiger partial charge in [0.25, 0.3) is 0 Å². The lowest BCUT2D eigenvalue weighted by Crippen LogP contribution is -2.49. The van der Waals surface area contributed by atoms with Gasteiger partial charge in [-0.15, -0.1) is 0 Å². The van der Waals surface area contributed by atoms with E-state index in [-0.39, 0.29) is 11.5 Å². The van der Waals surface area contributed by atoms with Crippen LogP contribution in [0.3, 0.4) is 0 Å². The zero-order valence-corrected chi connectivity index (χ0v) is 10.1. The number of aliphatic hydroxyl groups is 1. The fourth-order valence-electron chi connectivity index (χ4n) is 2.47. The van der Waals surface area contributed by atoms with E-state index in [2.05, 4.69) is 25.1 Å². The molecule has 1 aromatic rings. The normalized spacial score (nSPS) is 29.4. The molecule has 90 valence electrons. The maximum Gasteiger partial charge on any atom is 0.0558 e. The molecule has 16 heavy (non-hydrogen) atoms. The van der Waals surface area contributed by atoms with Crippen molar-refractivity contribution in [1.82, 2.24) is 9.78 Å². The monoisotopic (exact) mass is 223 g/mol.